The number of hydrogen-bond donors (Lipinski definition) is 1. The van der Waals surface area contributed by atoms with Gasteiger partial charge in [-0.15, -0.1) is 0 Å². The number of benzene rings is 2. The highest BCUT2D eigenvalue weighted by molar-refractivity contribution is 6.32. The molecule has 0 bridgehead atoms. The Balaban J connectivity index is 1.60. The third kappa shape index (κ3) is 6.21. The van der Waals surface area contributed by atoms with Crippen LogP contribution in [-0.2, 0) is 6.61 Å². The fraction of sp³-hybridized carbons (Fsp3) is 0.391. The predicted molar refractivity (Wildman–Crippen MR) is 120 cm³/mol. The van der Waals surface area contributed by atoms with Crippen LogP contribution in [0.15, 0.2) is 41.4 Å². The smallest absolute Gasteiger partial charge is 0.248 e. The highest BCUT2D eigenvalue weighted by Crippen LogP contribution is 2.36. The summed E-state index contributed by atoms with van der Waals surface area (Å²) in [4.78, 5) is 18.2. The van der Waals surface area contributed by atoms with Crippen molar-refractivity contribution in [2.24, 2.45) is 10.7 Å². The third-order valence-electron chi connectivity index (χ3n) is 5.11. The molecular formula is C23H28ClN3O3. The Hall–Kier alpha value is -2.57. The zero-order chi connectivity index (χ0) is 21.3. The van der Waals surface area contributed by atoms with Gasteiger partial charge in [0.1, 0.15) is 6.61 Å². The van der Waals surface area contributed by atoms with Crippen molar-refractivity contribution in [1.82, 2.24) is 4.90 Å². The SMILES string of the molecule is COc1cc(C=NCCN2CCCCC2)cc(Cl)c1OCc1ccc(C(N)=O)cc1. The highest BCUT2D eigenvalue weighted by atomic mass is 35.5. The number of halogens is 1. The normalized spacial score (nSPS) is 14.7. The lowest BCUT2D eigenvalue weighted by atomic mass is 10.1. The number of likely N-dealkylation sites (tertiary alicyclic amines) is 1. The number of methoxy groups -OCH3 is 1. The molecule has 1 saturated heterocycles. The molecule has 0 aromatic heterocycles. The molecule has 6 nitrogen and oxygen atoms in total. The molecule has 1 aliphatic rings. The minimum atomic E-state index is -0.458. The average molecular weight is 430 g/mol. The maximum atomic E-state index is 11.2. The Bertz CT molecular complexity index is 878. The van der Waals surface area contributed by atoms with Crippen LogP contribution in [0.1, 0.15) is 40.7 Å². The van der Waals surface area contributed by atoms with E-state index in [9.17, 15) is 4.79 Å². The summed E-state index contributed by atoms with van der Waals surface area (Å²) in [7, 11) is 1.58. The Labute approximate surface area is 182 Å². The van der Waals surface area contributed by atoms with Gasteiger partial charge in [0, 0.05) is 18.3 Å². The molecule has 2 N–H and O–H groups in total. The number of hydrogen-bond acceptors (Lipinski definition) is 5. The second-order valence-electron chi connectivity index (χ2n) is 7.32. The summed E-state index contributed by atoms with van der Waals surface area (Å²) in [6, 6.07) is 10.6. The molecule has 30 heavy (non-hydrogen) atoms. The maximum Gasteiger partial charge on any atom is 0.248 e. The first-order chi connectivity index (χ1) is 14.6. The van der Waals surface area contributed by atoms with Gasteiger partial charge >= 0.3 is 0 Å². The monoisotopic (exact) mass is 429 g/mol. The van der Waals surface area contributed by atoms with Crippen LogP contribution in [0.4, 0.5) is 0 Å². The van der Waals surface area contributed by atoms with Crippen LogP contribution in [0.25, 0.3) is 0 Å². The molecule has 7 heteroatoms. The molecule has 160 valence electrons. The molecule has 0 aliphatic carbocycles. The topological polar surface area (TPSA) is 77.2 Å². The van der Waals surface area contributed by atoms with Crippen molar-refractivity contribution in [3.63, 3.8) is 0 Å². The van der Waals surface area contributed by atoms with Gasteiger partial charge in [-0.2, -0.15) is 0 Å². The Kier molecular flexibility index (Phi) is 8.11. The van der Waals surface area contributed by atoms with Gasteiger partial charge in [0.2, 0.25) is 5.91 Å². The van der Waals surface area contributed by atoms with Gasteiger partial charge in [-0.25, -0.2) is 0 Å². The molecule has 1 heterocycles. The molecule has 0 atom stereocenters. The molecule has 1 aliphatic heterocycles. The number of primary amides is 1. The number of carbonyl (C=O) groups is 1. The average Bonchev–Trinajstić information content (AvgIpc) is 2.76. The van der Waals surface area contributed by atoms with E-state index in [0.29, 0.717) is 28.7 Å². The summed E-state index contributed by atoms with van der Waals surface area (Å²) in [5, 5.41) is 0.459. The van der Waals surface area contributed by atoms with Crippen molar-refractivity contribution in [3.05, 3.63) is 58.1 Å². The van der Waals surface area contributed by atoms with Crippen LogP contribution in [0.5, 0.6) is 11.5 Å². The van der Waals surface area contributed by atoms with Crippen LogP contribution < -0.4 is 15.2 Å². The second kappa shape index (κ2) is 11.0. The summed E-state index contributed by atoms with van der Waals surface area (Å²) in [6.07, 6.45) is 5.73. The first kappa shape index (κ1) is 22.1. The van der Waals surface area contributed by atoms with Gasteiger partial charge in [0.25, 0.3) is 0 Å². The van der Waals surface area contributed by atoms with Gasteiger partial charge in [-0.05, 0) is 61.3 Å². The predicted octanol–water partition coefficient (Wildman–Crippen LogP) is 3.93. The van der Waals surface area contributed by atoms with Crippen molar-refractivity contribution in [3.8, 4) is 11.5 Å². The van der Waals surface area contributed by atoms with E-state index >= 15 is 0 Å². The van der Waals surface area contributed by atoms with Crippen LogP contribution in [-0.4, -0.2) is 50.3 Å². The van der Waals surface area contributed by atoms with Crippen molar-refractivity contribution >= 4 is 23.7 Å². The summed E-state index contributed by atoms with van der Waals surface area (Å²) in [6.45, 7) is 4.38. The number of amides is 1. The standard InChI is InChI=1S/C23H28ClN3O3/c1-29-21-14-18(15-26-9-12-27-10-3-2-4-11-27)13-20(24)22(21)30-16-17-5-7-19(8-6-17)23(25)28/h5-8,13-15H,2-4,9-12,16H2,1H3,(H2,25,28). The van der Waals surface area contributed by atoms with Crippen LogP contribution in [0.2, 0.25) is 5.02 Å². The van der Waals surface area contributed by atoms with E-state index in [1.54, 1.807) is 31.4 Å². The van der Waals surface area contributed by atoms with Gasteiger partial charge in [-0.3, -0.25) is 9.79 Å². The minimum Gasteiger partial charge on any atom is -0.493 e. The van der Waals surface area contributed by atoms with Crippen molar-refractivity contribution in [2.75, 3.05) is 33.3 Å². The largest absolute Gasteiger partial charge is 0.493 e. The summed E-state index contributed by atoms with van der Waals surface area (Å²) in [5.74, 6) is 0.567. The molecule has 0 spiro atoms. The zero-order valence-corrected chi connectivity index (χ0v) is 18.0. The molecule has 3 rings (SSSR count). The number of rotatable bonds is 9. The number of ether oxygens (including phenoxy) is 2. The number of nitrogens with two attached hydrogens (primary N) is 1. The molecule has 2 aromatic carbocycles. The maximum absolute atomic E-state index is 11.2. The van der Waals surface area contributed by atoms with E-state index in [4.69, 9.17) is 26.8 Å². The molecule has 0 saturated carbocycles. The lowest BCUT2D eigenvalue weighted by Crippen LogP contribution is -2.31. The number of piperidine rings is 1. The molecule has 0 radical (unpaired) electrons. The summed E-state index contributed by atoms with van der Waals surface area (Å²) >= 11 is 6.44. The lowest BCUT2D eigenvalue weighted by Gasteiger charge is -2.25. The highest BCUT2D eigenvalue weighted by Gasteiger charge is 2.12. The van der Waals surface area contributed by atoms with E-state index in [1.165, 1.54) is 32.4 Å². The van der Waals surface area contributed by atoms with Gasteiger partial charge in [0.15, 0.2) is 11.5 Å². The minimum absolute atomic E-state index is 0.290. The third-order valence-corrected chi connectivity index (χ3v) is 5.39. The van der Waals surface area contributed by atoms with E-state index in [1.807, 2.05) is 18.3 Å². The van der Waals surface area contributed by atoms with Crippen LogP contribution in [0.3, 0.4) is 0 Å². The second-order valence-corrected chi connectivity index (χ2v) is 7.73. The fourth-order valence-corrected chi connectivity index (χ4v) is 3.70. The van der Waals surface area contributed by atoms with E-state index in [0.717, 1.165) is 24.2 Å². The van der Waals surface area contributed by atoms with Crippen LogP contribution in [0, 0.1) is 0 Å². The summed E-state index contributed by atoms with van der Waals surface area (Å²) < 4.78 is 11.3. The van der Waals surface area contributed by atoms with Crippen molar-refractivity contribution < 1.29 is 14.3 Å². The van der Waals surface area contributed by atoms with Crippen molar-refractivity contribution in [1.29, 1.82) is 0 Å². The van der Waals surface area contributed by atoms with Crippen LogP contribution >= 0.6 is 11.6 Å². The number of aliphatic imine (C=N–C) groups is 1. The van der Waals surface area contributed by atoms with Crippen molar-refractivity contribution in [2.45, 2.75) is 25.9 Å². The van der Waals surface area contributed by atoms with Gasteiger partial charge in [0.05, 0.1) is 18.7 Å². The Morgan fingerprint density at radius 2 is 1.93 bits per heavy atom. The molecule has 2 aromatic rings. The quantitative estimate of drug-likeness (QED) is 0.612. The number of nitrogens with zero attached hydrogens (tertiary/aromatic N) is 2. The Morgan fingerprint density at radius 3 is 2.60 bits per heavy atom. The zero-order valence-electron chi connectivity index (χ0n) is 17.3. The van der Waals surface area contributed by atoms with Gasteiger partial charge in [-0.1, -0.05) is 30.2 Å². The molecule has 1 fully saturated rings. The van der Waals surface area contributed by atoms with E-state index < -0.39 is 5.91 Å². The molecule has 0 unspecified atom stereocenters. The molecule has 1 amide bonds. The van der Waals surface area contributed by atoms with Gasteiger partial charge < -0.3 is 20.1 Å². The summed E-state index contributed by atoms with van der Waals surface area (Å²) in [5.41, 5.74) is 7.48. The number of carbonyl (C=O) groups excluding carboxylic acids is 1. The Morgan fingerprint density at radius 1 is 1.20 bits per heavy atom. The first-order valence-electron chi connectivity index (χ1n) is 10.2. The molecular weight excluding hydrogens is 402 g/mol. The fourth-order valence-electron chi connectivity index (χ4n) is 3.43. The lowest BCUT2D eigenvalue weighted by molar-refractivity contribution is 0.1000. The van der Waals surface area contributed by atoms with E-state index in [2.05, 4.69) is 9.89 Å². The first-order valence-corrected chi connectivity index (χ1v) is 10.6. The van der Waals surface area contributed by atoms with E-state index in [-0.39, 0.29) is 0 Å².